The Hall–Kier alpha value is -2.68. The zero-order valence-corrected chi connectivity index (χ0v) is 12.8. The maximum absolute atomic E-state index is 12.1. The van der Waals surface area contributed by atoms with Gasteiger partial charge in [-0.05, 0) is 25.5 Å². The van der Waals surface area contributed by atoms with Gasteiger partial charge in [-0.25, -0.2) is 4.79 Å². The van der Waals surface area contributed by atoms with E-state index >= 15 is 0 Å². The molecule has 0 spiro atoms. The summed E-state index contributed by atoms with van der Waals surface area (Å²) in [6.45, 7) is 3.55. The van der Waals surface area contributed by atoms with Crippen LogP contribution < -0.4 is 5.32 Å². The molecule has 2 heterocycles. The third-order valence-electron chi connectivity index (χ3n) is 3.00. The van der Waals surface area contributed by atoms with E-state index in [0.717, 1.165) is 10.9 Å². The van der Waals surface area contributed by atoms with E-state index in [4.69, 9.17) is 9.15 Å². The third kappa shape index (κ3) is 2.84. The van der Waals surface area contributed by atoms with E-state index in [2.05, 4.69) is 5.32 Å². The molecule has 2 aromatic rings. The van der Waals surface area contributed by atoms with Crippen LogP contribution in [0.2, 0.25) is 0 Å². The number of carbonyl (C=O) groups excluding carboxylic acids is 2. The fraction of sp³-hybridized carbons (Fsp3) is 0.231. The molecule has 1 N–H and O–H groups in total. The Labute approximate surface area is 128 Å². The molecule has 0 radical (unpaired) electrons. The minimum atomic E-state index is -0.740. The average molecular weight is 324 g/mol. The van der Waals surface area contributed by atoms with Gasteiger partial charge in [0, 0.05) is 4.88 Å². The fourth-order valence-electron chi connectivity index (χ4n) is 1.78. The van der Waals surface area contributed by atoms with E-state index in [1.807, 2.05) is 0 Å². The Morgan fingerprint density at radius 2 is 2.05 bits per heavy atom. The average Bonchev–Trinajstić information content (AvgIpc) is 3.05. The molecule has 0 saturated heterocycles. The lowest BCUT2D eigenvalue weighted by Gasteiger charge is -2.04. The molecule has 0 aliphatic carbocycles. The van der Waals surface area contributed by atoms with E-state index in [0.29, 0.717) is 10.6 Å². The molecular formula is C13H12N2O6S. The van der Waals surface area contributed by atoms with Crippen molar-refractivity contribution in [2.45, 2.75) is 13.8 Å². The molecule has 2 aromatic heterocycles. The summed E-state index contributed by atoms with van der Waals surface area (Å²) in [5, 5.41) is 13.4. The molecule has 0 aromatic carbocycles. The Balaban J connectivity index is 2.30. The number of rotatable bonds is 4. The number of nitrogens with one attached hydrogen (secondary N) is 1. The number of esters is 1. The van der Waals surface area contributed by atoms with Gasteiger partial charge in [0.05, 0.1) is 18.7 Å². The summed E-state index contributed by atoms with van der Waals surface area (Å²) in [6.07, 6.45) is 0. The number of amides is 1. The molecule has 0 saturated carbocycles. The first-order chi connectivity index (χ1) is 10.3. The van der Waals surface area contributed by atoms with E-state index in [9.17, 15) is 19.7 Å². The molecule has 0 aliphatic heterocycles. The SMILES string of the molecule is COC(=O)c1c(NC(=O)c2ccc([N+](=O)[O-])o2)sc(C)c1C. The molecule has 1 amide bonds. The molecule has 0 atom stereocenters. The summed E-state index contributed by atoms with van der Waals surface area (Å²) in [5.74, 6) is -2.00. The van der Waals surface area contributed by atoms with Gasteiger partial charge in [-0.15, -0.1) is 11.3 Å². The molecule has 0 aliphatic rings. The van der Waals surface area contributed by atoms with Crippen molar-refractivity contribution in [1.29, 1.82) is 0 Å². The second-order valence-electron chi connectivity index (χ2n) is 4.33. The monoisotopic (exact) mass is 324 g/mol. The number of anilines is 1. The van der Waals surface area contributed by atoms with Crippen LogP contribution in [0.15, 0.2) is 16.5 Å². The predicted octanol–water partition coefficient (Wildman–Crippen LogP) is 2.91. The van der Waals surface area contributed by atoms with Gasteiger partial charge < -0.3 is 14.5 Å². The number of hydrogen-bond acceptors (Lipinski definition) is 7. The Bertz CT molecular complexity index is 761. The summed E-state index contributed by atoms with van der Waals surface area (Å²) in [6, 6.07) is 2.28. The van der Waals surface area contributed by atoms with Crippen LogP contribution in [-0.4, -0.2) is 23.9 Å². The third-order valence-corrected chi connectivity index (χ3v) is 4.12. The minimum Gasteiger partial charge on any atom is -0.465 e. The summed E-state index contributed by atoms with van der Waals surface area (Å²) in [4.78, 5) is 34.5. The molecule has 0 bridgehead atoms. The van der Waals surface area contributed by atoms with Gasteiger partial charge in [0.1, 0.15) is 9.92 Å². The van der Waals surface area contributed by atoms with Crippen molar-refractivity contribution < 1.29 is 23.7 Å². The second kappa shape index (κ2) is 5.98. The van der Waals surface area contributed by atoms with Gasteiger partial charge in [0.25, 0.3) is 5.91 Å². The highest BCUT2D eigenvalue weighted by Crippen LogP contribution is 2.33. The lowest BCUT2D eigenvalue weighted by molar-refractivity contribution is -0.402. The molecule has 116 valence electrons. The molecule has 2 rings (SSSR count). The molecule has 8 nitrogen and oxygen atoms in total. The van der Waals surface area contributed by atoms with E-state index in [1.165, 1.54) is 24.5 Å². The topological polar surface area (TPSA) is 112 Å². The van der Waals surface area contributed by atoms with Crippen LogP contribution in [0.5, 0.6) is 0 Å². The van der Waals surface area contributed by atoms with Crippen LogP contribution in [-0.2, 0) is 4.74 Å². The van der Waals surface area contributed by atoms with Crippen LogP contribution in [0.1, 0.15) is 31.4 Å². The number of methoxy groups -OCH3 is 1. The molecule has 0 fully saturated rings. The first-order valence-electron chi connectivity index (χ1n) is 6.09. The number of hydrogen-bond donors (Lipinski definition) is 1. The van der Waals surface area contributed by atoms with Gasteiger partial charge in [0.2, 0.25) is 0 Å². The summed E-state index contributed by atoms with van der Waals surface area (Å²) >= 11 is 1.21. The zero-order valence-electron chi connectivity index (χ0n) is 12.0. The van der Waals surface area contributed by atoms with Crippen molar-refractivity contribution in [3.8, 4) is 0 Å². The quantitative estimate of drug-likeness (QED) is 0.526. The highest BCUT2D eigenvalue weighted by molar-refractivity contribution is 7.16. The number of nitro groups is 1. The standard InChI is InChI=1S/C13H12N2O6S/c1-6-7(2)22-12(10(6)13(17)20-3)14-11(16)8-4-5-9(21-8)15(18)19/h4-5H,1-3H3,(H,14,16). The Morgan fingerprint density at radius 3 is 2.59 bits per heavy atom. The summed E-state index contributed by atoms with van der Waals surface area (Å²) in [5.41, 5.74) is 0.969. The Morgan fingerprint density at radius 1 is 1.36 bits per heavy atom. The second-order valence-corrected chi connectivity index (χ2v) is 5.55. The van der Waals surface area contributed by atoms with Crippen molar-refractivity contribution in [3.63, 3.8) is 0 Å². The number of furan rings is 1. The first-order valence-corrected chi connectivity index (χ1v) is 6.90. The normalized spacial score (nSPS) is 10.3. The van der Waals surface area contributed by atoms with Crippen LogP contribution in [0.25, 0.3) is 0 Å². The number of thiophene rings is 1. The minimum absolute atomic E-state index is 0.216. The van der Waals surface area contributed by atoms with Gasteiger partial charge in [0.15, 0.2) is 5.76 Å². The van der Waals surface area contributed by atoms with Crippen molar-refractivity contribution in [2.24, 2.45) is 0 Å². The number of aryl methyl sites for hydroxylation is 1. The number of carbonyl (C=O) groups is 2. The molecule has 22 heavy (non-hydrogen) atoms. The van der Waals surface area contributed by atoms with E-state index in [1.54, 1.807) is 13.8 Å². The lowest BCUT2D eigenvalue weighted by atomic mass is 10.1. The number of ether oxygens (including phenoxy) is 1. The molecular weight excluding hydrogens is 312 g/mol. The van der Waals surface area contributed by atoms with Crippen molar-refractivity contribution in [3.05, 3.63) is 44.0 Å². The van der Waals surface area contributed by atoms with Crippen LogP contribution in [0, 0.1) is 24.0 Å². The predicted molar refractivity (Wildman–Crippen MR) is 78.4 cm³/mol. The van der Waals surface area contributed by atoms with Gasteiger partial charge in [-0.1, -0.05) is 0 Å². The first kappa shape index (κ1) is 15.7. The molecule has 9 heteroatoms. The van der Waals surface area contributed by atoms with E-state index < -0.39 is 22.7 Å². The van der Waals surface area contributed by atoms with Gasteiger partial charge in [-0.2, -0.15) is 0 Å². The smallest absolute Gasteiger partial charge is 0.433 e. The largest absolute Gasteiger partial charge is 0.465 e. The highest BCUT2D eigenvalue weighted by Gasteiger charge is 2.24. The van der Waals surface area contributed by atoms with E-state index in [-0.39, 0.29) is 11.3 Å². The highest BCUT2D eigenvalue weighted by atomic mass is 32.1. The number of nitrogens with zero attached hydrogens (tertiary/aromatic N) is 1. The molecule has 0 unspecified atom stereocenters. The van der Waals surface area contributed by atoms with Crippen LogP contribution in [0.4, 0.5) is 10.9 Å². The summed E-state index contributed by atoms with van der Waals surface area (Å²) < 4.78 is 9.52. The van der Waals surface area contributed by atoms with Crippen LogP contribution in [0.3, 0.4) is 0 Å². The van der Waals surface area contributed by atoms with Crippen molar-refractivity contribution in [2.75, 3.05) is 12.4 Å². The van der Waals surface area contributed by atoms with Crippen molar-refractivity contribution in [1.82, 2.24) is 0 Å². The van der Waals surface area contributed by atoms with Crippen LogP contribution >= 0.6 is 11.3 Å². The Kier molecular flexibility index (Phi) is 4.27. The van der Waals surface area contributed by atoms with Crippen molar-refractivity contribution >= 4 is 34.1 Å². The maximum Gasteiger partial charge on any atom is 0.433 e. The lowest BCUT2D eigenvalue weighted by Crippen LogP contribution is -2.13. The zero-order chi connectivity index (χ0) is 16.4. The van der Waals surface area contributed by atoms with Gasteiger partial charge >= 0.3 is 11.9 Å². The maximum atomic E-state index is 12.1. The van der Waals surface area contributed by atoms with Gasteiger partial charge in [-0.3, -0.25) is 14.9 Å². The summed E-state index contributed by atoms with van der Waals surface area (Å²) in [7, 11) is 1.25. The fourth-order valence-corrected chi connectivity index (χ4v) is 2.82.